The largest absolute Gasteiger partial charge is 0.0620 e. The first kappa shape index (κ1) is 67.2. The molecule has 0 aromatic heterocycles. The highest BCUT2D eigenvalue weighted by atomic mass is 14.1. The van der Waals surface area contributed by atoms with Crippen molar-refractivity contribution in [1.29, 1.82) is 0 Å². The fourth-order valence-corrected chi connectivity index (χ4v) is 11.9. The van der Waals surface area contributed by atoms with E-state index in [9.17, 15) is 0 Å². The van der Waals surface area contributed by atoms with Gasteiger partial charge in [-0.2, -0.15) is 0 Å². The molecule has 0 aliphatic heterocycles. The average Bonchev–Trinajstić information content (AvgIpc) is 3.57. The monoisotopic (exact) mass is 1160 g/mol. The van der Waals surface area contributed by atoms with Crippen molar-refractivity contribution >= 4 is 0 Å². The molecular formula is C89H94. The van der Waals surface area contributed by atoms with Gasteiger partial charge in [-0.05, 0) is 246 Å². The summed E-state index contributed by atoms with van der Waals surface area (Å²) < 4.78 is 0. The van der Waals surface area contributed by atoms with E-state index in [1.54, 1.807) is 0 Å². The van der Waals surface area contributed by atoms with E-state index in [4.69, 9.17) is 0 Å². The molecular weight excluding hydrogens is 1070 g/mol. The third-order valence-corrected chi connectivity index (χ3v) is 16.5. The number of hydrogen-bond donors (Lipinski definition) is 0. The Kier molecular flexibility index (Phi) is 24.6. The van der Waals surface area contributed by atoms with Crippen molar-refractivity contribution in [3.63, 3.8) is 0 Å². The fraction of sp³-hybridized carbons (Fsp3) is 0.191. The molecule has 0 nitrogen and oxygen atoms in total. The van der Waals surface area contributed by atoms with Crippen molar-refractivity contribution in [2.45, 2.75) is 118 Å². The quantitative estimate of drug-likeness (QED) is 0.156. The van der Waals surface area contributed by atoms with Gasteiger partial charge >= 0.3 is 0 Å². The summed E-state index contributed by atoms with van der Waals surface area (Å²) >= 11 is 0. The minimum absolute atomic E-state index is 1.30. The second-order valence-electron chi connectivity index (χ2n) is 24.4. The molecule has 12 aromatic carbocycles. The van der Waals surface area contributed by atoms with E-state index >= 15 is 0 Å². The molecule has 0 saturated carbocycles. The van der Waals surface area contributed by atoms with Crippen LogP contribution in [0.2, 0.25) is 0 Å². The molecule has 0 bridgehead atoms. The molecule has 12 rings (SSSR count). The Balaban J connectivity index is 0.000000152. The minimum Gasteiger partial charge on any atom is -0.0620 e. The molecule has 0 N–H and O–H groups in total. The lowest BCUT2D eigenvalue weighted by Gasteiger charge is -2.13. The van der Waals surface area contributed by atoms with Crippen LogP contribution in [-0.2, 0) is 0 Å². The lowest BCUT2D eigenvalue weighted by Crippen LogP contribution is -1.91. The van der Waals surface area contributed by atoms with E-state index in [0.717, 1.165) is 0 Å². The van der Waals surface area contributed by atoms with E-state index in [-0.39, 0.29) is 0 Å². The molecule has 0 atom stereocenters. The molecule has 0 spiro atoms. The molecule has 450 valence electrons. The fourth-order valence-electron chi connectivity index (χ4n) is 11.9. The number of rotatable bonds is 6. The van der Waals surface area contributed by atoms with E-state index in [2.05, 4.69) is 379 Å². The second kappa shape index (κ2) is 32.6. The van der Waals surface area contributed by atoms with Gasteiger partial charge in [-0.1, -0.05) is 294 Å². The standard InChI is InChI=1S/C16H18.3C15H16.2C14H14/c1-11-9-13(3)16(14(4)10-11)15-8-6-5-7-12(15)2;1-11-7-4-5-10-14(11)15-12(2)8-6-9-13(15)3;1-11-8-12(2)10-14(9-11)15-7-5-4-6-13(15)3;1-11-8-9-15(13(3)10-11)14-7-5-4-6-12(14)2;1-11-6-5-8-13(10-11)14-9-4-3-7-12(14)2;1-11-7-9-13(10-8-11)14-6-4-3-5-12(14)2/h5-10H,1-4H3;3*4-10H,1-3H3;2*3-10H,1-2H3. The summed E-state index contributed by atoms with van der Waals surface area (Å²) in [7, 11) is 0. The van der Waals surface area contributed by atoms with Crippen molar-refractivity contribution in [2.75, 3.05) is 0 Å². The highest BCUT2D eigenvalue weighted by Gasteiger charge is 2.10. The molecule has 0 fully saturated rings. The predicted molar refractivity (Wildman–Crippen MR) is 392 cm³/mol. The molecule has 0 radical (unpaired) electrons. The van der Waals surface area contributed by atoms with E-state index in [1.807, 2.05) is 0 Å². The average molecular weight is 1160 g/mol. The maximum Gasteiger partial charge on any atom is -0.0123 e. The van der Waals surface area contributed by atoms with E-state index < -0.39 is 0 Å². The predicted octanol–water partition coefficient (Wildman–Crippen LogP) is 25.4. The first-order valence-corrected chi connectivity index (χ1v) is 31.5. The van der Waals surface area contributed by atoms with Gasteiger partial charge in [0.25, 0.3) is 0 Å². The summed E-state index contributed by atoms with van der Waals surface area (Å²) in [6.07, 6.45) is 0. The van der Waals surface area contributed by atoms with Gasteiger partial charge < -0.3 is 0 Å². The van der Waals surface area contributed by atoms with Crippen LogP contribution in [0.3, 0.4) is 0 Å². The molecule has 0 saturated heterocycles. The minimum atomic E-state index is 1.30. The zero-order chi connectivity index (χ0) is 64.1. The molecule has 0 heterocycles. The normalized spacial score (nSPS) is 10.3. The maximum atomic E-state index is 2.26. The van der Waals surface area contributed by atoms with Crippen molar-refractivity contribution < 1.29 is 0 Å². The first-order valence-electron chi connectivity index (χ1n) is 31.5. The molecule has 0 amide bonds. The Hall–Kier alpha value is -9.36. The summed E-state index contributed by atoms with van der Waals surface area (Å²) in [4.78, 5) is 0. The Morgan fingerprint density at radius 1 is 0.135 bits per heavy atom. The Bertz CT molecular complexity index is 4190. The number of aryl methyl sites for hydroxylation is 17. The molecule has 0 aliphatic rings. The zero-order valence-corrected chi connectivity index (χ0v) is 56.3. The van der Waals surface area contributed by atoms with Gasteiger partial charge in [0.2, 0.25) is 0 Å². The van der Waals surface area contributed by atoms with Crippen LogP contribution in [0.15, 0.2) is 261 Å². The molecule has 0 aliphatic carbocycles. The van der Waals surface area contributed by atoms with Crippen molar-refractivity contribution in [1.82, 2.24) is 0 Å². The topological polar surface area (TPSA) is 0 Å². The summed E-state index contributed by atoms with van der Waals surface area (Å²) in [6, 6.07) is 92.8. The Labute approximate surface area is 536 Å². The molecule has 0 unspecified atom stereocenters. The number of hydrogen-bond acceptors (Lipinski definition) is 0. The van der Waals surface area contributed by atoms with Crippen molar-refractivity contribution in [3.8, 4) is 66.8 Å². The van der Waals surface area contributed by atoms with Crippen LogP contribution in [0.25, 0.3) is 66.8 Å². The van der Waals surface area contributed by atoms with Crippen LogP contribution in [0.1, 0.15) is 94.6 Å². The maximum absolute atomic E-state index is 2.26. The van der Waals surface area contributed by atoms with E-state index in [1.165, 1.54) is 161 Å². The third-order valence-electron chi connectivity index (χ3n) is 16.5. The molecule has 0 heteroatoms. The van der Waals surface area contributed by atoms with Gasteiger partial charge in [-0.15, -0.1) is 0 Å². The smallest absolute Gasteiger partial charge is 0.0123 e. The van der Waals surface area contributed by atoms with Gasteiger partial charge in [0.15, 0.2) is 0 Å². The summed E-state index contributed by atoms with van der Waals surface area (Å²) in [5.41, 5.74) is 38.9. The van der Waals surface area contributed by atoms with Crippen LogP contribution in [-0.4, -0.2) is 0 Å². The van der Waals surface area contributed by atoms with Gasteiger partial charge in [0.05, 0.1) is 0 Å². The Morgan fingerprint density at radius 3 is 0.843 bits per heavy atom. The first-order chi connectivity index (χ1) is 42.7. The summed E-state index contributed by atoms with van der Waals surface area (Å²) in [5, 5.41) is 0. The van der Waals surface area contributed by atoms with Gasteiger partial charge in [-0.25, -0.2) is 0 Å². The van der Waals surface area contributed by atoms with Gasteiger partial charge in [-0.3, -0.25) is 0 Å². The highest BCUT2D eigenvalue weighted by Crippen LogP contribution is 2.33. The summed E-state index contributed by atoms with van der Waals surface area (Å²) in [5.74, 6) is 0. The molecule has 12 aromatic rings. The highest BCUT2D eigenvalue weighted by molar-refractivity contribution is 5.76. The van der Waals surface area contributed by atoms with Crippen LogP contribution >= 0.6 is 0 Å². The van der Waals surface area contributed by atoms with Crippen LogP contribution in [0, 0.1) is 118 Å². The summed E-state index contributed by atoms with van der Waals surface area (Å²) in [6.45, 7) is 36.7. The molecule has 89 heavy (non-hydrogen) atoms. The van der Waals surface area contributed by atoms with E-state index in [0.29, 0.717) is 0 Å². The lowest BCUT2D eigenvalue weighted by atomic mass is 9.91. The van der Waals surface area contributed by atoms with Crippen LogP contribution in [0.4, 0.5) is 0 Å². The Morgan fingerprint density at radius 2 is 0.427 bits per heavy atom. The van der Waals surface area contributed by atoms with Gasteiger partial charge in [0, 0.05) is 0 Å². The lowest BCUT2D eigenvalue weighted by molar-refractivity contribution is 1.31. The SMILES string of the molecule is Cc1cc(C)c(-c2ccccc2C)c(C)c1.Cc1cc(C)cc(-c2ccccc2C)c1.Cc1ccc(-c2ccccc2C)c(C)c1.Cc1ccc(-c2ccccc2C)cc1.Cc1cccc(-c2ccccc2C)c1.Cc1ccccc1-c1c(C)cccc1C. The third kappa shape index (κ3) is 19.1. The van der Waals surface area contributed by atoms with Gasteiger partial charge in [0.1, 0.15) is 0 Å². The van der Waals surface area contributed by atoms with Crippen LogP contribution in [0.5, 0.6) is 0 Å². The number of benzene rings is 12. The zero-order valence-electron chi connectivity index (χ0n) is 56.3. The second-order valence-corrected chi connectivity index (χ2v) is 24.4. The van der Waals surface area contributed by atoms with Crippen molar-refractivity contribution in [3.05, 3.63) is 355 Å². The van der Waals surface area contributed by atoms with Crippen LogP contribution < -0.4 is 0 Å². The van der Waals surface area contributed by atoms with Crippen molar-refractivity contribution in [2.24, 2.45) is 0 Å².